The first-order valence-electron chi connectivity index (χ1n) is 4.98. The van der Waals surface area contributed by atoms with E-state index >= 15 is 0 Å². The van der Waals surface area contributed by atoms with E-state index in [-0.39, 0.29) is 22.8 Å². The first-order chi connectivity index (χ1) is 7.90. The van der Waals surface area contributed by atoms with Gasteiger partial charge < -0.3 is 10.1 Å². The molecule has 0 aliphatic carbocycles. The molecule has 1 aromatic rings. The summed E-state index contributed by atoms with van der Waals surface area (Å²) in [5, 5.41) is 2.48. The highest BCUT2D eigenvalue weighted by molar-refractivity contribution is 9.10. The van der Waals surface area contributed by atoms with Crippen LogP contribution in [0.15, 0.2) is 16.6 Å². The number of hydrogen-bond acceptors (Lipinski definition) is 3. The Bertz CT molecular complexity index is 424. The molecule has 3 nitrogen and oxygen atoms in total. The Labute approximate surface area is 106 Å². The van der Waals surface area contributed by atoms with Gasteiger partial charge in [0.25, 0.3) is 0 Å². The number of carbonyl (C=O) groups excluding carboxylic acids is 1. The van der Waals surface area contributed by atoms with Crippen LogP contribution in [-0.4, -0.2) is 18.6 Å². The van der Waals surface area contributed by atoms with Gasteiger partial charge in [-0.2, -0.15) is 0 Å². The van der Waals surface area contributed by atoms with Crippen molar-refractivity contribution in [3.05, 3.63) is 28.2 Å². The summed E-state index contributed by atoms with van der Waals surface area (Å²) in [7, 11) is 0. The Balaban J connectivity index is 2.63. The van der Waals surface area contributed by atoms with E-state index in [1.54, 1.807) is 13.8 Å². The average molecular weight is 308 g/mol. The number of esters is 1. The first-order valence-corrected chi connectivity index (χ1v) is 5.77. The van der Waals surface area contributed by atoms with Crippen LogP contribution in [0.25, 0.3) is 0 Å². The molecule has 0 aromatic heterocycles. The van der Waals surface area contributed by atoms with Crippen molar-refractivity contribution in [2.45, 2.75) is 20.0 Å². The van der Waals surface area contributed by atoms with Crippen molar-refractivity contribution in [2.24, 2.45) is 0 Å². The largest absolute Gasteiger partial charge is 0.462 e. The second kappa shape index (κ2) is 5.95. The zero-order valence-electron chi connectivity index (χ0n) is 9.39. The molecule has 17 heavy (non-hydrogen) atoms. The Hall–Kier alpha value is -1.17. The minimum Gasteiger partial charge on any atom is -0.462 e. The molecule has 0 unspecified atom stereocenters. The summed E-state index contributed by atoms with van der Waals surface area (Å²) in [5.74, 6) is -1.77. The zero-order chi connectivity index (χ0) is 13.0. The van der Waals surface area contributed by atoms with Crippen molar-refractivity contribution in [3.63, 3.8) is 0 Å². The zero-order valence-corrected chi connectivity index (χ0v) is 11.0. The smallest absolute Gasteiger partial charge is 0.325 e. The van der Waals surface area contributed by atoms with Gasteiger partial charge in [0.1, 0.15) is 18.2 Å². The van der Waals surface area contributed by atoms with Gasteiger partial charge in [0.15, 0.2) is 0 Å². The summed E-state index contributed by atoms with van der Waals surface area (Å²) in [6.07, 6.45) is -0.240. The lowest BCUT2D eigenvalue weighted by Crippen LogP contribution is -2.20. The van der Waals surface area contributed by atoms with E-state index in [9.17, 15) is 13.6 Å². The quantitative estimate of drug-likeness (QED) is 0.686. The topological polar surface area (TPSA) is 38.3 Å². The van der Waals surface area contributed by atoms with Crippen LogP contribution in [0.1, 0.15) is 13.8 Å². The Morgan fingerprint density at radius 2 is 2.06 bits per heavy atom. The summed E-state index contributed by atoms with van der Waals surface area (Å²) in [6, 6.07) is 1.97. The number of halogens is 3. The minimum atomic E-state index is -0.643. The molecule has 94 valence electrons. The normalized spacial score (nSPS) is 10.5. The van der Waals surface area contributed by atoms with Crippen LogP contribution in [0.2, 0.25) is 0 Å². The van der Waals surface area contributed by atoms with E-state index in [1.165, 1.54) is 0 Å². The van der Waals surface area contributed by atoms with Crippen molar-refractivity contribution in [1.29, 1.82) is 0 Å². The summed E-state index contributed by atoms with van der Waals surface area (Å²) in [6.45, 7) is 3.20. The van der Waals surface area contributed by atoms with Gasteiger partial charge in [-0.3, -0.25) is 4.79 Å². The number of rotatable bonds is 4. The molecule has 0 fully saturated rings. The van der Waals surface area contributed by atoms with Crippen molar-refractivity contribution in [1.82, 2.24) is 0 Å². The molecule has 0 heterocycles. The fourth-order valence-corrected chi connectivity index (χ4v) is 1.45. The predicted molar refractivity (Wildman–Crippen MR) is 63.8 cm³/mol. The fourth-order valence-electron chi connectivity index (χ4n) is 1.13. The number of carbonyl (C=O) groups is 1. The van der Waals surface area contributed by atoms with Gasteiger partial charge in [-0.25, -0.2) is 8.78 Å². The predicted octanol–water partition coefficient (Wildman–Crippen LogP) is 3.09. The van der Waals surface area contributed by atoms with Crippen LogP contribution in [0.5, 0.6) is 0 Å². The van der Waals surface area contributed by atoms with E-state index in [4.69, 9.17) is 4.74 Å². The third-order valence-corrected chi connectivity index (χ3v) is 2.41. The van der Waals surface area contributed by atoms with E-state index in [0.717, 1.165) is 12.1 Å². The Kier molecular flexibility index (Phi) is 4.86. The summed E-state index contributed by atoms with van der Waals surface area (Å²) in [4.78, 5) is 11.2. The molecule has 0 saturated heterocycles. The molecule has 6 heteroatoms. The van der Waals surface area contributed by atoms with Crippen LogP contribution in [0, 0.1) is 11.6 Å². The van der Waals surface area contributed by atoms with Crippen molar-refractivity contribution < 1.29 is 18.3 Å². The number of nitrogens with one attached hydrogen (secondary N) is 1. The van der Waals surface area contributed by atoms with Gasteiger partial charge in [0, 0.05) is 6.07 Å². The number of benzene rings is 1. The lowest BCUT2D eigenvalue weighted by Gasteiger charge is -2.10. The van der Waals surface area contributed by atoms with Crippen LogP contribution in [0.4, 0.5) is 14.5 Å². The molecule has 0 amide bonds. The molecule has 0 aliphatic heterocycles. The lowest BCUT2D eigenvalue weighted by atomic mass is 10.3. The molecule has 0 saturated carbocycles. The van der Waals surface area contributed by atoms with E-state index in [0.29, 0.717) is 0 Å². The van der Waals surface area contributed by atoms with E-state index < -0.39 is 17.6 Å². The van der Waals surface area contributed by atoms with Crippen LogP contribution < -0.4 is 5.32 Å². The minimum absolute atomic E-state index is 0.0327. The second-order valence-corrected chi connectivity index (χ2v) is 4.49. The van der Waals surface area contributed by atoms with Crippen LogP contribution in [-0.2, 0) is 9.53 Å². The van der Waals surface area contributed by atoms with Gasteiger partial charge in [-0.15, -0.1) is 0 Å². The first kappa shape index (κ1) is 13.9. The molecule has 0 atom stereocenters. The molecule has 1 aromatic carbocycles. The molecule has 0 aliphatic rings. The van der Waals surface area contributed by atoms with E-state index in [2.05, 4.69) is 21.2 Å². The molecule has 0 spiro atoms. The average Bonchev–Trinajstić information content (AvgIpc) is 2.20. The SMILES string of the molecule is CC(C)OC(=O)CNc1cc(F)c(Br)cc1F. The van der Waals surface area contributed by atoms with Crippen molar-refractivity contribution >= 4 is 27.6 Å². The maximum absolute atomic E-state index is 13.3. The maximum atomic E-state index is 13.3. The molecular formula is C11H12BrF2NO2. The molecule has 1 rings (SSSR count). The third kappa shape index (κ3) is 4.30. The van der Waals surface area contributed by atoms with Gasteiger partial charge in [-0.1, -0.05) is 0 Å². The number of ether oxygens (including phenoxy) is 1. The summed E-state index contributed by atoms with van der Waals surface area (Å²) >= 11 is 2.86. The van der Waals surface area contributed by atoms with E-state index in [1.807, 2.05) is 0 Å². The van der Waals surface area contributed by atoms with Gasteiger partial charge in [0.2, 0.25) is 0 Å². The number of anilines is 1. The molecular weight excluding hydrogens is 296 g/mol. The molecule has 0 bridgehead atoms. The second-order valence-electron chi connectivity index (χ2n) is 3.64. The highest BCUT2D eigenvalue weighted by Gasteiger charge is 2.10. The van der Waals surface area contributed by atoms with Crippen LogP contribution in [0.3, 0.4) is 0 Å². The highest BCUT2D eigenvalue weighted by Crippen LogP contribution is 2.23. The van der Waals surface area contributed by atoms with Gasteiger partial charge >= 0.3 is 5.97 Å². The maximum Gasteiger partial charge on any atom is 0.325 e. The standard InChI is InChI=1S/C11H12BrF2NO2/c1-6(2)17-11(16)5-15-10-4-8(13)7(12)3-9(10)14/h3-4,6,15H,5H2,1-2H3. The Morgan fingerprint density at radius 1 is 1.41 bits per heavy atom. The van der Waals surface area contributed by atoms with Crippen LogP contribution >= 0.6 is 15.9 Å². The van der Waals surface area contributed by atoms with Crippen molar-refractivity contribution in [2.75, 3.05) is 11.9 Å². The summed E-state index contributed by atoms with van der Waals surface area (Å²) < 4.78 is 31.3. The van der Waals surface area contributed by atoms with Crippen molar-refractivity contribution in [3.8, 4) is 0 Å². The fraction of sp³-hybridized carbons (Fsp3) is 0.364. The molecule has 0 radical (unpaired) electrons. The van der Waals surface area contributed by atoms with Gasteiger partial charge in [-0.05, 0) is 35.8 Å². The molecule has 1 N–H and O–H groups in total. The highest BCUT2D eigenvalue weighted by atomic mass is 79.9. The number of hydrogen-bond donors (Lipinski definition) is 1. The monoisotopic (exact) mass is 307 g/mol. The lowest BCUT2D eigenvalue weighted by molar-refractivity contribution is -0.145. The summed E-state index contributed by atoms with van der Waals surface area (Å²) in [5.41, 5.74) is -0.0774. The Morgan fingerprint density at radius 3 is 2.65 bits per heavy atom. The third-order valence-electron chi connectivity index (χ3n) is 1.80. The van der Waals surface area contributed by atoms with Gasteiger partial charge in [0.05, 0.1) is 16.3 Å².